The van der Waals surface area contributed by atoms with E-state index in [-0.39, 0.29) is 5.91 Å². The number of nitrogens with two attached hydrogens (primary N) is 1. The van der Waals surface area contributed by atoms with Gasteiger partial charge in [-0.1, -0.05) is 23.8 Å². The third kappa shape index (κ3) is 4.19. The van der Waals surface area contributed by atoms with E-state index in [4.69, 9.17) is 5.73 Å². The van der Waals surface area contributed by atoms with E-state index in [1.807, 2.05) is 7.05 Å². The second kappa shape index (κ2) is 6.40. The van der Waals surface area contributed by atoms with Crippen LogP contribution in [0.1, 0.15) is 23.1 Å². The number of carbonyl (C=O) groups excluding carboxylic acids is 1. The molecule has 94 valence electrons. The smallest absolute Gasteiger partial charge is 0.223 e. The molecule has 1 rings (SSSR count). The molecule has 0 bridgehead atoms. The summed E-state index contributed by atoms with van der Waals surface area (Å²) < 4.78 is 0. The van der Waals surface area contributed by atoms with Crippen LogP contribution in [0, 0.1) is 13.8 Å². The number of hydrogen-bond acceptors (Lipinski definition) is 2. The van der Waals surface area contributed by atoms with Crippen molar-refractivity contribution in [1.29, 1.82) is 0 Å². The van der Waals surface area contributed by atoms with Gasteiger partial charge in [-0.05, 0) is 31.4 Å². The first kappa shape index (κ1) is 13.7. The summed E-state index contributed by atoms with van der Waals surface area (Å²) in [6.07, 6.45) is 1.34. The van der Waals surface area contributed by atoms with E-state index in [1.165, 1.54) is 16.7 Å². The van der Waals surface area contributed by atoms with E-state index < -0.39 is 0 Å². The van der Waals surface area contributed by atoms with Crippen LogP contribution in [0.4, 0.5) is 0 Å². The second-order valence-corrected chi connectivity index (χ2v) is 4.53. The van der Waals surface area contributed by atoms with Crippen LogP contribution in [0.5, 0.6) is 0 Å². The molecule has 17 heavy (non-hydrogen) atoms. The summed E-state index contributed by atoms with van der Waals surface area (Å²) >= 11 is 0. The lowest BCUT2D eigenvalue weighted by atomic mass is 10.0. The molecular weight excluding hydrogens is 212 g/mol. The SMILES string of the molecule is Cc1ccc(C)c(CCN(C)C(=O)CCN)c1. The number of benzene rings is 1. The summed E-state index contributed by atoms with van der Waals surface area (Å²) in [6, 6.07) is 6.44. The summed E-state index contributed by atoms with van der Waals surface area (Å²) in [5.41, 5.74) is 9.24. The minimum atomic E-state index is 0.123. The summed E-state index contributed by atoms with van der Waals surface area (Å²) in [4.78, 5) is 13.3. The Hall–Kier alpha value is -1.35. The molecule has 0 saturated carbocycles. The Kier molecular flexibility index (Phi) is 5.16. The Balaban J connectivity index is 2.55. The van der Waals surface area contributed by atoms with Gasteiger partial charge >= 0.3 is 0 Å². The molecule has 0 unspecified atom stereocenters. The largest absolute Gasteiger partial charge is 0.345 e. The molecule has 2 N–H and O–H groups in total. The van der Waals surface area contributed by atoms with Gasteiger partial charge in [0.2, 0.25) is 5.91 Å². The fraction of sp³-hybridized carbons (Fsp3) is 0.500. The van der Waals surface area contributed by atoms with Gasteiger partial charge in [0.05, 0.1) is 0 Å². The van der Waals surface area contributed by atoms with Gasteiger partial charge in [-0.25, -0.2) is 0 Å². The first-order chi connectivity index (χ1) is 8.04. The third-order valence-corrected chi connectivity index (χ3v) is 3.01. The fourth-order valence-corrected chi connectivity index (χ4v) is 1.80. The lowest BCUT2D eigenvalue weighted by Crippen LogP contribution is -2.30. The molecule has 0 radical (unpaired) electrons. The number of nitrogens with zero attached hydrogens (tertiary/aromatic N) is 1. The molecule has 0 spiro atoms. The highest BCUT2D eigenvalue weighted by molar-refractivity contribution is 5.76. The Labute approximate surface area is 104 Å². The van der Waals surface area contributed by atoms with Gasteiger partial charge < -0.3 is 10.6 Å². The van der Waals surface area contributed by atoms with Crippen LogP contribution in [0.2, 0.25) is 0 Å². The molecule has 1 aromatic rings. The van der Waals surface area contributed by atoms with Gasteiger partial charge in [-0.15, -0.1) is 0 Å². The number of hydrogen-bond donors (Lipinski definition) is 1. The molecule has 1 aromatic carbocycles. The topological polar surface area (TPSA) is 46.3 Å². The molecule has 3 nitrogen and oxygen atoms in total. The molecule has 0 aliphatic heterocycles. The summed E-state index contributed by atoms with van der Waals surface area (Å²) in [5, 5.41) is 0. The molecule has 1 amide bonds. The summed E-state index contributed by atoms with van der Waals surface area (Å²) in [5.74, 6) is 0.123. The van der Waals surface area contributed by atoms with E-state index in [0.717, 1.165) is 13.0 Å². The molecule has 0 aliphatic carbocycles. The van der Waals surface area contributed by atoms with Crippen molar-refractivity contribution in [3.63, 3.8) is 0 Å². The maximum absolute atomic E-state index is 11.6. The van der Waals surface area contributed by atoms with Gasteiger partial charge in [0, 0.05) is 26.6 Å². The molecule has 0 atom stereocenters. The van der Waals surface area contributed by atoms with E-state index in [1.54, 1.807) is 4.90 Å². The molecule has 0 heterocycles. The number of aryl methyl sites for hydroxylation is 2. The van der Waals surface area contributed by atoms with Crippen LogP contribution in [0.15, 0.2) is 18.2 Å². The lowest BCUT2D eigenvalue weighted by Gasteiger charge is -2.17. The van der Waals surface area contributed by atoms with Gasteiger partial charge in [-0.3, -0.25) is 4.79 Å². The maximum Gasteiger partial charge on any atom is 0.223 e. The molecule has 3 heteroatoms. The van der Waals surface area contributed by atoms with Crippen molar-refractivity contribution in [2.45, 2.75) is 26.7 Å². The minimum Gasteiger partial charge on any atom is -0.345 e. The number of amides is 1. The predicted molar refractivity (Wildman–Crippen MR) is 70.9 cm³/mol. The van der Waals surface area contributed by atoms with Crippen LogP contribution < -0.4 is 5.73 Å². The van der Waals surface area contributed by atoms with Crippen molar-refractivity contribution in [3.05, 3.63) is 34.9 Å². The van der Waals surface area contributed by atoms with E-state index >= 15 is 0 Å². The zero-order valence-electron chi connectivity index (χ0n) is 11.0. The molecule has 0 aromatic heterocycles. The van der Waals surface area contributed by atoms with Gasteiger partial charge in [0.1, 0.15) is 0 Å². The fourth-order valence-electron chi connectivity index (χ4n) is 1.80. The molecule has 0 fully saturated rings. The van der Waals surface area contributed by atoms with E-state index in [0.29, 0.717) is 13.0 Å². The highest BCUT2D eigenvalue weighted by Crippen LogP contribution is 2.11. The quantitative estimate of drug-likeness (QED) is 0.842. The van der Waals surface area contributed by atoms with E-state index in [9.17, 15) is 4.79 Å². The maximum atomic E-state index is 11.6. The number of carbonyl (C=O) groups is 1. The van der Waals surface area contributed by atoms with Crippen molar-refractivity contribution in [2.75, 3.05) is 20.1 Å². The van der Waals surface area contributed by atoms with Crippen LogP contribution >= 0.6 is 0 Å². The van der Waals surface area contributed by atoms with Gasteiger partial charge in [0.15, 0.2) is 0 Å². The Bertz CT molecular complexity index is 388. The lowest BCUT2D eigenvalue weighted by molar-refractivity contribution is -0.129. The summed E-state index contributed by atoms with van der Waals surface area (Å²) in [7, 11) is 1.84. The van der Waals surface area contributed by atoms with Crippen LogP contribution in [0.25, 0.3) is 0 Å². The average molecular weight is 234 g/mol. The summed E-state index contributed by atoms with van der Waals surface area (Å²) in [6.45, 7) is 5.37. The van der Waals surface area contributed by atoms with Crippen molar-refractivity contribution in [2.24, 2.45) is 5.73 Å². The monoisotopic (exact) mass is 234 g/mol. The minimum absolute atomic E-state index is 0.123. The first-order valence-corrected chi connectivity index (χ1v) is 6.04. The second-order valence-electron chi connectivity index (χ2n) is 4.53. The van der Waals surface area contributed by atoms with Crippen molar-refractivity contribution in [1.82, 2.24) is 4.90 Å². The van der Waals surface area contributed by atoms with Crippen molar-refractivity contribution in [3.8, 4) is 0 Å². The number of likely N-dealkylation sites (N-methyl/N-ethyl adjacent to an activating group) is 1. The standard InChI is InChI=1S/C14H22N2O/c1-11-4-5-12(2)13(10-11)7-9-16(3)14(17)6-8-15/h4-5,10H,6-9,15H2,1-3H3. The molecule has 0 aliphatic rings. The normalized spacial score (nSPS) is 10.4. The highest BCUT2D eigenvalue weighted by atomic mass is 16.2. The number of rotatable bonds is 5. The predicted octanol–water partition coefficient (Wildman–Crippen LogP) is 1.65. The zero-order valence-corrected chi connectivity index (χ0v) is 11.0. The van der Waals surface area contributed by atoms with Gasteiger partial charge in [0.25, 0.3) is 0 Å². The zero-order chi connectivity index (χ0) is 12.8. The van der Waals surface area contributed by atoms with Gasteiger partial charge in [-0.2, -0.15) is 0 Å². The molecular formula is C14H22N2O. The highest BCUT2D eigenvalue weighted by Gasteiger charge is 2.08. The van der Waals surface area contributed by atoms with Crippen molar-refractivity contribution >= 4 is 5.91 Å². The van der Waals surface area contributed by atoms with E-state index in [2.05, 4.69) is 32.0 Å². The Morgan fingerprint density at radius 1 is 1.35 bits per heavy atom. The third-order valence-electron chi connectivity index (χ3n) is 3.01. The van der Waals surface area contributed by atoms with Crippen LogP contribution in [0.3, 0.4) is 0 Å². The van der Waals surface area contributed by atoms with Crippen molar-refractivity contribution < 1.29 is 4.79 Å². The first-order valence-electron chi connectivity index (χ1n) is 6.04. The van der Waals surface area contributed by atoms with Crippen LogP contribution in [-0.2, 0) is 11.2 Å². The molecule has 0 saturated heterocycles. The van der Waals surface area contributed by atoms with Crippen LogP contribution in [-0.4, -0.2) is 30.9 Å². The Morgan fingerprint density at radius 2 is 2.06 bits per heavy atom. The average Bonchev–Trinajstić information content (AvgIpc) is 2.30. The Morgan fingerprint density at radius 3 is 2.71 bits per heavy atom.